The number of hydrogen-bond acceptors (Lipinski definition) is 7. The Bertz CT molecular complexity index is 971. The Hall–Kier alpha value is -2.19. The second-order valence-corrected chi connectivity index (χ2v) is 8.71. The zero-order chi connectivity index (χ0) is 20.4. The lowest BCUT2D eigenvalue weighted by Gasteiger charge is -2.19. The monoisotopic (exact) mass is 411 g/mol. The van der Waals surface area contributed by atoms with Gasteiger partial charge in [-0.1, -0.05) is 12.1 Å². The molecule has 29 heavy (non-hydrogen) atoms. The Labute approximate surface area is 175 Å². The summed E-state index contributed by atoms with van der Waals surface area (Å²) in [5.74, 6) is 0. The quantitative estimate of drug-likeness (QED) is 0.447. The minimum Gasteiger partial charge on any atom is -0.397 e. The molecule has 1 aliphatic heterocycles. The highest BCUT2D eigenvalue weighted by molar-refractivity contribution is 7.19. The fraction of sp³-hybridized carbons (Fsp3) is 0.409. The van der Waals surface area contributed by atoms with E-state index in [0.717, 1.165) is 40.3 Å². The van der Waals surface area contributed by atoms with E-state index in [0.29, 0.717) is 18.3 Å². The van der Waals surface area contributed by atoms with Gasteiger partial charge in [-0.2, -0.15) is 0 Å². The Morgan fingerprint density at radius 3 is 2.79 bits per heavy atom. The highest BCUT2D eigenvalue weighted by Gasteiger charge is 2.21. The molecule has 0 amide bonds. The Morgan fingerprint density at radius 2 is 2.07 bits per heavy atom. The molecule has 6 nitrogen and oxygen atoms in total. The number of pyridine rings is 1. The first kappa shape index (κ1) is 20.1. The van der Waals surface area contributed by atoms with Crippen LogP contribution in [0.2, 0.25) is 0 Å². The number of anilines is 2. The first-order valence-corrected chi connectivity index (χ1v) is 10.9. The number of nitrogens with one attached hydrogen (secondary N) is 2. The summed E-state index contributed by atoms with van der Waals surface area (Å²) in [6, 6.07) is 13.2. The molecule has 1 aromatic carbocycles. The summed E-state index contributed by atoms with van der Waals surface area (Å²) in [5, 5.41) is 18.0. The van der Waals surface area contributed by atoms with Gasteiger partial charge in [-0.05, 0) is 56.6 Å². The summed E-state index contributed by atoms with van der Waals surface area (Å²) in [7, 11) is 2.03. The number of aliphatic hydroxyl groups excluding tert-OH is 1. The summed E-state index contributed by atoms with van der Waals surface area (Å²) >= 11 is 1.45. The van der Waals surface area contributed by atoms with Crippen LogP contribution in [0.4, 0.5) is 11.4 Å². The number of aromatic nitrogens is 1. The molecule has 5 N–H and O–H groups in total. The third kappa shape index (κ3) is 4.38. The van der Waals surface area contributed by atoms with Crippen molar-refractivity contribution in [2.75, 3.05) is 37.3 Å². The number of aliphatic hydroxyl groups is 1. The van der Waals surface area contributed by atoms with Crippen molar-refractivity contribution in [3.63, 3.8) is 0 Å². The number of nitrogen functional groups attached to an aromatic ring is 1. The van der Waals surface area contributed by atoms with Gasteiger partial charge in [-0.25, -0.2) is 4.98 Å². The van der Waals surface area contributed by atoms with E-state index >= 15 is 0 Å². The van der Waals surface area contributed by atoms with Crippen molar-refractivity contribution in [1.82, 2.24) is 15.6 Å². The van der Waals surface area contributed by atoms with Gasteiger partial charge in [0, 0.05) is 42.4 Å². The lowest BCUT2D eigenvalue weighted by atomic mass is 10.1. The predicted molar refractivity (Wildman–Crippen MR) is 122 cm³/mol. The zero-order valence-electron chi connectivity index (χ0n) is 17.0. The van der Waals surface area contributed by atoms with Crippen molar-refractivity contribution in [1.29, 1.82) is 0 Å². The number of nitrogens with two attached hydrogens (primary N) is 1. The zero-order valence-corrected chi connectivity index (χ0v) is 17.8. The fourth-order valence-corrected chi connectivity index (χ4v) is 4.96. The van der Waals surface area contributed by atoms with Gasteiger partial charge in [-0.15, -0.1) is 11.3 Å². The number of fused-ring (bicyclic) bond motifs is 1. The molecule has 0 aliphatic carbocycles. The Morgan fingerprint density at radius 1 is 1.28 bits per heavy atom. The summed E-state index contributed by atoms with van der Waals surface area (Å²) < 4.78 is 0. The van der Waals surface area contributed by atoms with Gasteiger partial charge in [0.15, 0.2) is 0 Å². The van der Waals surface area contributed by atoms with Crippen molar-refractivity contribution in [2.45, 2.75) is 32.0 Å². The first-order valence-electron chi connectivity index (χ1n) is 10.1. The van der Waals surface area contributed by atoms with Crippen LogP contribution in [0.15, 0.2) is 36.4 Å². The summed E-state index contributed by atoms with van der Waals surface area (Å²) in [5.41, 5.74) is 10.3. The van der Waals surface area contributed by atoms with Gasteiger partial charge in [0.25, 0.3) is 0 Å². The summed E-state index contributed by atoms with van der Waals surface area (Å²) in [4.78, 5) is 8.54. The number of likely N-dealkylation sites (N-methyl/N-ethyl adjacent to an activating group) is 1. The van der Waals surface area contributed by atoms with Gasteiger partial charge < -0.3 is 21.1 Å². The number of thiophene rings is 1. The van der Waals surface area contributed by atoms with E-state index in [2.05, 4.69) is 44.8 Å². The summed E-state index contributed by atoms with van der Waals surface area (Å²) in [6.07, 6.45) is 1.26. The molecular weight excluding hydrogens is 382 g/mol. The van der Waals surface area contributed by atoms with Crippen LogP contribution in [-0.4, -0.2) is 42.8 Å². The predicted octanol–water partition coefficient (Wildman–Crippen LogP) is 2.81. The molecule has 4 rings (SSSR count). The number of aryl methyl sites for hydroxylation is 1. The van der Waals surface area contributed by atoms with E-state index in [9.17, 15) is 5.11 Å². The molecule has 0 radical (unpaired) electrons. The molecule has 2 aromatic heterocycles. The molecule has 1 saturated heterocycles. The van der Waals surface area contributed by atoms with Gasteiger partial charge in [0.1, 0.15) is 11.1 Å². The third-order valence-electron chi connectivity index (χ3n) is 5.66. The van der Waals surface area contributed by atoms with Gasteiger partial charge in [0.2, 0.25) is 0 Å². The molecule has 1 aliphatic rings. The number of rotatable bonds is 7. The molecule has 2 atom stereocenters. The number of benzene rings is 1. The van der Waals surface area contributed by atoms with Crippen LogP contribution in [0.3, 0.4) is 0 Å². The second-order valence-electron chi connectivity index (χ2n) is 7.68. The fourth-order valence-electron chi connectivity index (χ4n) is 3.86. The maximum absolute atomic E-state index is 10.6. The topological polar surface area (TPSA) is 86.4 Å². The second kappa shape index (κ2) is 8.67. The maximum atomic E-state index is 10.6. The van der Waals surface area contributed by atoms with Gasteiger partial charge in [-0.3, -0.25) is 5.32 Å². The Kier molecular flexibility index (Phi) is 6.01. The highest BCUT2D eigenvalue weighted by Crippen LogP contribution is 2.35. The molecule has 1 unspecified atom stereocenters. The van der Waals surface area contributed by atoms with Crippen LogP contribution in [0.1, 0.15) is 28.8 Å². The van der Waals surface area contributed by atoms with E-state index in [1.54, 1.807) is 0 Å². The van der Waals surface area contributed by atoms with Gasteiger partial charge >= 0.3 is 0 Å². The van der Waals surface area contributed by atoms with E-state index in [4.69, 9.17) is 5.73 Å². The molecular formula is C22H29N5OS. The first-order chi connectivity index (χ1) is 14.0. The number of hydrogen-bond donors (Lipinski definition) is 4. The van der Waals surface area contributed by atoms with E-state index in [1.807, 2.05) is 26.1 Å². The molecule has 0 spiro atoms. The average molecular weight is 412 g/mol. The Balaban J connectivity index is 1.32. The lowest BCUT2D eigenvalue weighted by Crippen LogP contribution is -2.29. The SMILES string of the molecule is CN[C@H]1CCN(c2ccc(CCNC(O)c3sc4nc(C)ccc4c3N)cc2)C1. The van der Waals surface area contributed by atoms with Crippen LogP contribution in [0.5, 0.6) is 0 Å². The lowest BCUT2D eigenvalue weighted by molar-refractivity contribution is 0.144. The van der Waals surface area contributed by atoms with Crippen molar-refractivity contribution in [2.24, 2.45) is 0 Å². The van der Waals surface area contributed by atoms with E-state index in [-0.39, 0.29) is 0 Å². The van der Waals surface area contributed by atoms with Crippen LogP contribution in [0.25, 0.3) is 10.2 Å². The molecule has 154 valence electrons. The summed E-state index contributed by atoms with van der Waals surface area (Å²) in [6.45, 7) is 4.79. The molecule has 3 aromatic rings. The standard InChI is InChI=1S/C22H29N5OS/c1-14-3-8-18-19(23)20(29-22(18)26-14)21(28)25-11-9-15-4-6-17(7-5-15)27-12-10-16(13-27)24-2/h3-8,16,21,24-25,28H,9-13,23H2,1-2H3/t16-,21?/m0/s1. The van der Waals surface area contributed by atoms with Crippen LogP contribution >= 0.6 is 11.3 Å². The van der Waals surface area contributed by atoms with Crippen LogP contribution < -0.4 is 21.3 Å². The molecule has 7 heteroatoms. The molecule has 0 saturated carbocycles. The van der Waals surface area contributed by atoms with Crippen molar-refractivity contribution in [3.8, 4) is 0 Å². The smallest absolute Gasteiger partial charge is 0.142 e. The van der Waals surface area contributed by atoms with Crippen LogP contribution in [0, 0.1) is 6.92 Å². The normalized spacial score (nSPS) is 17.9. The van der Waals surface area contributed by atoms with E-state index in [1.165, 1.54) is 29.0 Å². The maximum Gasteiger partial charge on any atom is 0.142 e. The van der Waals surface area contributed by atoms with E-state index < -0.39 is 6.23 Å². The average Bonchev–Trinajstić information content (AvgIpc) is 3.33. The van der Waals surface area contributed by atoms with Crippen molar-refractivity contribution < 1.29 is 5.11 Å². The van der Waals surface area contributed by atoms with Crippen LogP contribution in [-0.2, 0) is 6.42 Å². The van der Waals surface area contributed by atoms with Crippen molar-refractivity contribution >= 4 is 32.9 Å². The van der Waals surface area contributed by atoms with Crippen molar-refractivity contribution in [3.05, 3.63) is 52.5 Å². The largest absolute Gasteiger partial charge is 0.397 e. The van der Waals surface area contributed by atoms with Gasteiger partial charge in [0.05, 0.1) is 10.6 Å². The minimum atomic E-state index is -0.781. The molecule has 0 bridgehead atoms. The minimum absolute atomic E-state index is 0.584. The molecule has 3 heterocycles. The number of nitrogens with zero attached hydrogens (tertiary/aromatic N) is 2. The molecule has 1 fully saturated rings. The third-order valence-corrected chi connectivity index (χ3v) is 6.83. The highest BCUT2D eigenvalue weighted by atomic mass is 32.1.